The van der Waals surface area contributed by atoms with Crippen LogP contribution in [0.2, 0.25) is 0 Å². The van der Waals surface area contributed by atoms with Crippen molar-refractivity contribution >= 4 is 31.7 Å². The van der Waals surface area contributed by atoms with Crippen LogP contribution in [-0.2, 0) is 26.8 Å². The van der Waals surface area contributed by atoms with Gasteiger partial charge in [-0.3, -0.25) is 13.9 Å². The molecule has 0 saturated carbocycles. The molecule has 0 aliphatic carbocycles. The second-order valence-electron chi connectivity index (χ2n) is 6.57. The van der Waals surface area contributed by atoms with Gasteiger partial charge in [-0.2, -0.15) is 0 Å². The number of carbonyl (C=O) groups excluding carboxylic acids is 1. The van der Waals surface area contributed by atoms with Gasteiger partial charge in [-0.1, -0.05) is 30.8 Å². The molecular formula is C19H24N2O7P2. The highest BCUT2D eigenvalue weighted by Gasteiger charge is 2.28. The Labute approximate surface area is 174 Å². The minimum absolute atomic E-state index is 0.0276. The molecule has 9 nitrogen and oxygen atoms in total. The fraction of sp³-hybridized carbons (Fsp3) is 0.211. The summed E-state index contributed by atoms with van der Waals surface area (Å²) in [6.07, 6.45) is 1.81. The van der Waals surface area contributed by atoms with Crippen LogP contribution in [0, 0.1) is 0 Å². The van der Waals surface area contributed by atoms with E-state index in [-0.39, 0.29) is 40.7 Å². The molecular weight excluding hydrogens is 430 g/mol. The maximum atomic E-state index is 12.1. The van der Waals surface area contributed by atoms with E-state index in [1.807, 2.05) is 0 Å². The van der Waals surface area contributed by atoms with Crippen LogP contribution in [0.5, 0.6) is 0 Å². The van der Waals surface area contributed by atoms with Gasteiger partial charge < -0.3 is 30.6 Å². The Morgan fingerprint density at radius 3 is 1.80 bits per heavy atom. The first-order valence-corrected chi connectivity index (χ1v) is 12.2. The van der Waals surface area contributed by atoms with E-state index in [9.17, 15) is 33.5 Å². The molecule has 0 unspecified atom stereocenters. The van der Waals surface area contributed by atoms with Gasteiger partial charge in [0.1, 0.15) is 0 Å². The van der Waals surface area contributed by atoms with Gasteiger partial charge in [-0.05, 0) is 59.8 Å². The van der Waals surface area contributed by atoms with Crippen LogP contribution in [0.25, 0.3) is 11.1 Å². The standard InChI is InChI=1S/C19H24N2O7P2/c1-2-19(22)21-10-8-14-4-6-16(18(12-14)30(26,27)28)15-5-3-13(7-9-20)11-17(15)29(23,24)25/h2-6,11-12H,1,7-10,20H2,(H,21,22)(H2,23,24,25)(H2,26,27,28). The van der Waals surface area contributed by atoms with Crippen molar-refractivity contribution < 1.29 is 33.5 Å². The van der Waals surface area contributed by atoms with Crippen molar-refractivity contribution in [1.82, 2.24) is 5.32 Å². The molecule has 0 fully saturated rings. The molecule has 0 saturated heterocycles. The number of amides is 1. The molecule has 2 rings (SSSR count). The second kappa shape index (κ2) is 9.81. The predicted molar refractivity (Wildman–Crippen MR) is 115 cm³/mol. The fourth-order valence-corrected chi connectivity index (χ4v) is 4.66. The summed E-state index contributed by atoms with van der Waals surface area (Å²) in [5.41, 5.74) is 6.71. The zero-order valence-corrected chi connectivity index (χ0v) is 17.9. The molecule has 0 radical (unpaired) electrons. The predicted octanol–water partition coefficient (Wildman–Crippen LogP) is 0.305. The van der Waals surface area contributed by atoms with Crippen LogP contribution >= 0.6 is 15.2 Å². The smallest absolute Gasteiger partial charge is 0.352 e. The first kappa shape index (κ1) is 24.2. The SMILES string of the molecule is C=CC(=O)NCCc1ccc(-c2ccc(CCN)cc2P(=O)(O)O)c(P(=O)(O)O)c1. The summed E-state index contributed by atoms with van der Waals surface area (Å²) in [6.45, 7) is 3.85. The molecule has 7 N–H and O–H groups in total. The summed E-state index contributed by atoms with van der Waals surface area (Å²) in [6, 6.07) is 8.64. The summed E-state index contributed by atoms with van der Waals surface area (Å²) in [5, 5.41) is 1.89. The summed E-state index contributed by atoms with van der Waals surface area (Å²) in [5.74, 6) is -0.370. The first-order chi connectivity index (χ1) is 14.0. The molecule has 0 aromatic heterocycles. The molecule has 2 aromatic rings. The number of benzene rings is 2. The third kappa shape index (κ3) is 6.20. The third-order valence-corrected chi connectivity index (χ3v) is 6.37. The number of hydrogen-bond acceptors (Lipinski definition) is 4. The maximum Gasteiger partial charge on any atom is 0.356 e. The van der Waals surface area contributed by atoms with Crippen molar-refractivity contribution in [2.45, 2.75) is 12.8 Å². The van der Waals surface area contributed by atoms with Crippen molar-refractivity contribution in [2.24, 2.45) is 5.73 Å². The molecule has 30 heavy (non-hydrogen) atoms. The molecule has 0 heterocycles. The Morgan fingerprint density at radius 2 is 1.40 bits per heavy atom. The van der Waals surface area contributed by atoms with Crippen LogP contribution in [0.15, 0.2) is 49.1 Å². The minimum atomic E-state index is -4.78. The summed E-state index contributed by atoms with van der Waals surface area (Å²) >= 11 is 0. The Morgan fingerprint density at radius 1 is 0.933 bits per heavy atom. The van der Waals surface area contributed by atoms with E-state index in [1.54, 1.807) is 12.1 Å². The van der Waals surface area contributed by atoms with Crippen molar-refractivity contribution in [3.63, 3.8) is 0 Å². The summed E-state index contributed by atoms with van der Waals surface area (Å²) < 4.78 is 24.2. The molecule has 0 spiro atoms. The van der Waals surface area contributed by atoms with Gasteiger partial charge in [-0.15, -0.1) is 0 Å². The lowest BCUT2D eigenvalue weighted by Crippen LogP contribution is -2.23. The number of hydrogen-bond donors (Lipinski definition) is 6. The lowest BCUT2D eigenvalue weighted by molar-refractivity contribution is -0.116. The number of rotatable bonds is 9. The van der Waals surface area contributed by atoms with Crippen molar-refractivity contribution in [1.29, 1.82) is 0 Å². The normalized spacial score (nSPS) is 11.9. The summed E-state index contributed by atoms with van der Waals surface area (Å²) in [7, 11) is -9.52. The van der Waals surface area contributed by atoms with Gasteiger partial charge in [0.05, 0.1) is 10.6 Å². The van der Waals surface area contributed by atoms with Gasteiger partial charge in [0.25, 0.3) is 0 Å². The molecule has 162 valence electrons. The third-order valence-electron chi connectivity index (χ3n) is 4.37. The van der Waals surface area contributed by atoms with Crippen LogP contribution < -0.4 is 21.7 Å². The second-order valence-corrected chi connectivity index (χ2v) is 9.71. The highest BCUT2D eigenvalue weighted by atomic mass is 31.2. The van der Waals surface area contributed by atoms with Gasteiger partial charge in [0, 0.05) is 6.54 Å². The molecule has 0 bridgehead atoms. The quantitative estimate of drug-likeness (QED) is 0.232. The highest BCUT2D eigenvalue weighted by Crippen LogP contribution is 2.42. The molecule has 2 aromatic carbocycles. The van der Waals surface area contributed by atoms with Crippen LogP contribution in [-0.4, -0.2) is 38.6 Å². The molecule has 0 aliphatic heterocycles. The van der Waals surface area contributed by atoms with Crippen LogP contribution in [0.3, 0.4) is 0 Å². The maximum absolute atomic E-state index is 12.1. The topological polar surface area (TPSA) is 170 Å². The zero-order valence-electron chi connectivity index (χ0n) is 16.1. The van der Waals surface area contributed by atoms with E-state index in [2.05, 4.69) is 11.9 Å². The van der Waals surface area contributed by atoms with Gasteiger partial charge in [-0.25, -0.2) is 0 Å². The zero-order chi connectivity index (χ0) is 22.5. The Kier molecular flexibility index (Phi) is 7.91. The molecule has 0 aliphatic rings. The lowest BCUT2D eigenvalue weighted by Gasteiger charge is -2.18. The van der Waals surface area contributed by atoms with E-state index in [1.165, 1.54) is 24.3 Å². The first-order valence-electron chi connectivity index (χ1n) is 8.96. The van der Waals surface area contributed by atoms with E-state index >= 15 is 0 Å². The number of nitrogens with two attached hydrogens (primary N) is 1. The monoisotopic (exact) mass is 454 g/mol. The largest absolute Gasteiger partial charge is 0.356 e. The molecule has 0 atom stereocenters. The van der Waals surface area contributed by atoms with Gasteiger partial charge >= 0.3 is 15.2 Å². The molecule has 11 heteroatoms. The van der Waals surface area contributed by atoms with Gasteiger partial charge in [0.15, 0.2) is 0 Å². The minimum Gasteiger partial charge on any atom is -0.352 e. The van der Waals surface area contributed by atoms with Crippen LogP contribution in [0.4, 0.5) is 0 Å². The van der Waals surface area contributed by atoms with E-state index in [0.717, 1.165) is 6.08 Å². The van der Waals surface area contributed by atoms with Gasteiger partial charge in [0.2, 0.25) is 5.91 Å². The summed E-state index contributed by atoms with van der Waals surface area (Å²) in [4.78, 5) is 50.6. The van der Waals surface area contributed by atoms with E-state index in [0.29, 0.717) is 24.0 Å². The van der Waals surface area contributed by atoms with Crippen molar-refractivity contribution in [2.75, 3.05) is 13.1 Å². The Bertz CT molecular complexity index is 1040. The van der Waals surface area contributed by atoms with E-state index < -0.39 is 15.2 Å². The molecule has 1 amide bonds. The Hall–Kier alpha value is -2.09. The van der Waals surface area contributed by atoms with Crippen molar-refractivity contribution in [3.05, 3.63) is 60.2 Å². The average molecular weight is 454 g/mol. The number of carbonyl (C=O) groups is 1. The van der Waals surface area contributed by atoms with E-state index in [4.69, 9.17) is 5.73 Å². The highest BCUT2D eigenvalue weighted by molar-refractivity contribution is 7.61. The lowest BCUT2D eigenvalue weighted by atomic mass is 10.0. The number of nitrogens with one attached hydrogen (secondary N) is 1. The van der Waals surface area contributed by atoms with Crippen LogP contribution in [0.1, 0.15) is 11.1 Å². The fourth-order valence-electron chi connectivity index (χ4n) is 2.97. The van der Waals surface area contributed by atoms with Crippen molar-refractivity contribution in [3.8, 4) is 11.1 Å². The average Bonchev–Trinajstić information content (AvgIpc) is 2.66. The Balaban J connectivity index is 2.56.